The van der Waals surface area contributed by atoms with E-state index in [9.17, 15) is 4.79 Å². The van der Waals surface area contributed by atoms with Crippen molar-refractivity contribution in [3.63, 3.8) is 0 Å². The highest BCUT2D eigenvalue weighted by Gasteiger charge is 2.28. The molecule has 2 atom stereocenters. The van der Waals surface area contributed by atoms with Gasteiger partial charge in [-0.05, 0) is 6.92 Å². The summed E-state index contributed by atoms with van der Waals surface area (Å²) in [6, 6.07) is 0.448. The van der Waals surface area contributed by atoms with Crippen LogP contribution in [0.3, 0.4) is 0 Å². The molecule has 2 heterocycles. The summed E-state index contributed by atoms with van der Waals surface area (Å²) >= 11 is 3.75. The van der Waals surface area contributed by atoms with Gasteiger partial charge in [0.05, 0.1) is 5.25 Å². The summed E-state index contributed by atoms with van der Waals surface area (Å²) in [6.45, 7) is 4.84. The van der Waals surface area contributed by atoms with Crippen LogP contribution in [0.5, 0.6) is 0 Å². The Labute approximate surface area is 99.7 Å². The van der Waals surface area contributed by atoms with Crippen molar-refractivity contribution in [1.82, 2.24) is 10.2 Å². The van der Waals surface area contributed by atoms with E-state index in [0.717, 1.165) is 31.1 Å². The quantitative estimate of drug-likeness (QED) is 0.736. The van der Waals surface area contributed by atoms with Gasteiger partial charge >= 0.3 is 0 Å². The van der Waals surface area contributed by atoms with Crippen molar-refractivity contribution in [2.45, 2.75) is 18.2 Å². The van der Waals surface area contributed by atoms with E-state index in [-0.39, 0.29) is 5.25 Å². The first-order valence-electron chi connectivity index (χ1n) is 5.49. The van der Waals surface area contributed by atoms with Crippen molar-refractivity contribution in [2.24, 2.45) is 0 Å². The first-order valence-corrected chi connectivity index (χ1v) is 7.69. The minimum atomic E-state index is 0.217. The number of nitrogens with zero attached hydrogens (tertiary/aromatic N) is 1. The van der Waals surface area contributed by atoms with E-state index in [4.69, 9.17) is 0 Å². The molecule has 0 saturated carbocycles. The fourth-order valence-electron chi connectivity index (χ4n) is 1.97. The largest absolute Gasteiger partial charge is 0.339 e. The summed E-state index contributed by atoms with van der Waals surface area (Å²) in [4.78, 5) is 14.2. The average molecular weight is 246 g/mol. The van der Waals surface area contributed by atoms with Crippen molar-refractivity contribution >= 4 is 29.4 Å². The topological polar surface area (TPSA) is 32.3 Å². The Kier molecular flexibility index (Phi) is 4.22. The molecule has 5 heteroatoms. The van der Waals surface area contributed by atoms with Gasteiger partial charge in [-0.2, -0.15) is 11.8 Å². The second-order valence-corrected chi connectivity index (χ2v) is 6.53. The molecule has 2 aliphatic rings. The average Bonchev–Trinajstić information content (AvgIpc) is 2.29. The number of amides is 1. The lowest BCUT2D eigenvalue weighted by atomic mass is 10.2. The molecular weight excluding hydrogens is 228 g/mol. The molecule has 2 saturated heterocycles. The molecule has 3 nitrogen and oxygen atoms in total. The Hall–Kier alpha value is 0.130. The Morgan fingerprint density at radius 3 is 3.00 bits per heavy atom. The zero-order chi connectivity index (χ0) is 10.7. The highest BCUT2D eigenvalue weighted by atomic mass is 32.2. The van der Waals surface area contributed by atoms with E-state index in [0.29, 0.717) is 11.9 Å². The van der Waals surface area contributed by atoms with Crippen molar-refractivity contribution < 1.29 is 4.79 Å². The zero-order valence-corrected chi connectivity index (χ0v) is 10.7. The maximum absolute atomic E-state index is 12.2. The monoisotopic (exact) mass is 246 g/mol. The Morgan fingerprint density at radius 2 is 2.33 bits per heavy atom. The Morgan fingerprint density at radius 1 is 1.47 bits per heavy atom. The molecule has 86 valence electrons. The summed E-state index contributed by atoms with van der Waals surface area (Å²) in [7, 11) is 0. The van der Waals surface area contributed by atoms with Gasteiger partial charge in [0.1, 0.15) is 0 Å². The van der Waals surface area contributed by atoms with Gasteiger partial charge in [0.25, 0.3) is 0 Å². The van der Waals surface area contributed by atoms with Crippen LogP contribution in [0.25, 0.3) is 0 Å². The lowest BCUT2D eigenvalue weighted by molar-refractivity contribution is -0.131. The number of nitrogens with one attached hydrogen (secondary N) is 1. The van der Waals surface area contributed by atoms with E-state index in [1.165, 1.54) is 5.75 Å². The van der Waals surface area contributed by atoms with Crippen LogP contribution in [0, 0.1) is 0 Å². The van der Waals surface area contributed by atoms with Crippen molar-refractivity contribution in [3.05, 3.63) is 0 Å². The lowest BCUT2D eigenvalue weighted by Crippen LogP contribution is -2.53. The van der Waals surface area contributed by atoms with Crippen LogP contribution in [0.2, 0.25) is 0 Å². The molecular formula is C10H18N2OS2. The van der Waals surface area contributed by atoms with Crippen LogP contribution in [-0.4, -0.2) is 59.0 Å². The molecule has 0 aromatic heterocycles. The SMILES string of the molecule is CC1CN(C(=O)C2CSCCS2)CCN1. The molecule has 15 heavy (non-hydrogen) atoms. The van der Waals surface area contributed by atoms with E-state index >= 15 is 0 Å². The van der Waals surface area contributed by atoms with Crippen LogP contribution in [-0.2, 0) is 4.79 Å². The number of hydrogen-bond donors (Lipinski definition) is 1. The molecule has 1 amide bonds. The van der Waals surface area contributed by atoms with E-state index in [1.807, 2.05) is 28.4 Å². The molecule has 2 fully saturated rings. The molecule has 0 aromatic carbocycles. The summed E-state index contributed by atoms with van der Waals surface area (Å²) in [5.41, 5.74) is 0. The van der Waals surface area contributed by atoms with E-state index in [2.05, 4.69) is 12.2 Å². The number of carbonyl (C=O) groups is 1. The third-order valence-electron chi connectivity index (χ3n) is 2.77. The third-order valence-corrected chi connectivity index (χ3v) is 5.51. The van der Waals surface area contributed by atoms with E-state index < -0.39 is 0 Å². The van der Waals surface area contributed by atoms with Gasteiger partial charge in [-0.25, -0.2) is 0 Å². The van der Waals surface area contributed by atoms with Crippen molar-refractivity contribution in [2.75, 3.05) is 36.9 Å². The number of thioether (sulfide) groups is 2. The maximum Gasteiger partial charge on any atom is 0.236 e. The normalized spacial score (nSPS) is 32.7. The summed E-state index contributed by atoms with van der Waals surface area (Å²) < 4.78 is 0. The zero-order valence-electron chi connectivity index (χ0n) is 9.07. The number of carbonyl (C=O) groups excluding carboxylic acids is 1. The Balaban J connectivity index is 1.88. The van der Waals surface area contributed by atoms with Crippen molar-refractivity contribution in [1.29, 1.82) is 0 Å². The molecule has 0 bridgehead atoms. The summed E-state index contributed by atoms with van der Waals surface area (Å²) in [6.07, 6.45) is 0. The molecule has 2 unspecified atom stereocenters. The maximum atomic E-state index is 12.2. The first kappa shape index (κ1) is 11.6. The fourth-order valence-corrected chi connectivity index (χ4v) is 4.60. The second kappa shape index (κ2) is 5.46. The van der Waals surface area contributed by atoms with Gasteiger partial charge in [0.15, 0.2) is 0 Å². The first-order chi connectivity index (χ1) is 7.27. The van der Waals surface area contributed by atoms with Crippen LogP contribution >= 0.6 is 23.5 Å². The third kappa shape index (κ3) is 3.04. The van der Waals surface area contributed by atoms with Crippen LogP contribution in [0.1, 0.15) is 6.92 Å². The number of hydrogen-bond acceptors (Lipinski definition) is 4. The number of piperazine rings is 1. The molecule has 0 radical (unpaired) electrons. The van der Waals surface area contributed by atoms with Crippen LogP contribution in [0.15, 0.2) is 0 Å². The van der Waals surface area contributed by atoms with Gasteiger partial charge in [-0.15, -0.1) is 11.8 Å². The van der Waals surface area contributed by atoms with Gasteiger partial charge in [0.2, 0.25) is 5.91 Å². The molecule has 0 aromatic rings. The smallest absolute Gasteiger partial charge is 0.236 e. The van der Waals surface area contributed by atoms with Gasteiger partial charge in [-0.3, -0.25) is 4.79 Å². The van der Waals surface area contributed by atoms with Gasteiger partial charge < -0.3 is 10.2 Å². The molecule has 0 spiro atoms. The predicted octanol–water partition coefficient (Wildman–Crippen LogP) is 0.655. The number of rotatable bonds is 1. The van der Waals surface area contributed by atoms with Crippen LogP contribution < -0.4 is 5.32 Å². The molecule has 1 N–H and O–H groups in total. The fraction of sp³-hybridized carbons (Fsp3) is 0.900. The van der Waals surface area contributed by atoms with Crippen LogP contribution in [0.4, 0.5) is 0 Å². The minimum absolute atomic E-state index is 0.217. The van der Waals surface area contributed by atoms with Crippen molar-refractivity contribution in [3.8, 4) is 0 Å². The standard InChI is InChI=1S/C10H18N2OS2/c1-8-6-12(3-2-11-8)10(13)9-7-14-4-5-15-9/h8-9,11H,2-7H2,1H3. The molecule has 2 rings (SSSR count). The van der Waals surface area contributed by atoms with Gasteiger partial charge in [0, 0.05) is 42.9 Å². The van der Waals surface area contributed by atoms with E-state index in [1.54, 1.807) is 0 Å². The summed E-state index contributed by atoms with van der Waals surface area (Å²) in [5.74, 6) is 3.69. The highest BCUT2D eigenvalue weighted by Crippen LogP contribution is 2.25. The molecule has 0 aliphatic carbocycles. The second-order valence-electron chi connectivity index (χ2n) is 4.07. The summed E-state index contributed by atoms with van der Waals surface area (Å²) in [5, 5.41) is 3.58. The predicted molar refractivity (Wildman–Crippen MR) is 67.6 cm³/mol. The van der Waals surface area contributed by atoms with Gasteiger partial charge in [-0.1, -0.05) is 0 Å². The lowest BCUT2D eigenvalue weighted by Gasteiger charge is -2.34. The molecule has 2 aliphatic heterocycles. The Bertz CT molecular complexity index is 231. The minimum Gasteiger partial charge on any atom is -0.339 e. The highest BCUT2D eigenvalue weighted by molar-refractivity contribution is 8.07.